The molecule has 0 radical (unpaired) electrons. The predicted molar refractivity (Wildman–Crippen MR) is 139 cm³/mol. The van der Waals surface area contributed by atoms with E-state index in [1.165, 1.54) is 36.7 Å². The highest BCUT2D eigenvalue weighted by molar-refractivity contribution is 6.16. The lowest BCUT2D eigenvalue weighted by Crippen LogP contribution is -2.31. The lowest BCUT2D eigenvalue weighted by atomic mass is 9.85. The minimum atomic E-state index is -0.579. The van der Waals surface area contributed by atoms with Crippen LogP contribution in [0.3, 0.4) is 0 Å². The molecule has 2 unspecified atom stereocenters. The van der Waals surface area contributed by atoms with Crippen LogP contribution in [0, 0.1) is 17.6 Å². The van der Waals surface area contributed by atoms with Gasteiger partial charge in [0.15, 0.2) is 0 Å². The Morgan fingerprint density at radius 3 is 2.70 bits per heavy atom. The maximum atomic E-state index is 15.4. The van der Waals surface area contributed by atoms with Gasteiger partial charge in [-0.15, -0.1) is 0 Å². The van der Waals surface area contributed by atoms with Gasteiger partial charge in [0.25, 0.3) is 0 Å². The van der Waals surface area contributed by atoms with Crippen molar-refractivity contribution in [2.24, 2.45) is 10.9 Å². The van der Waals surface area contributed by atoms with Crippen LogP contribution < -0.4 is 15.8 Å². The number of halogens is 2. The summed E-state index contributed by atoms with van der Waals surface area (Å²) in [5.41, 5.74) is 7.99. The monoisotopic (exact) mass is 505 g/mol. The minimum absolute atomic E-state index is 0.0404. The van der Waals surface area contributed by atoms with Crippen LogP contribution in [-0.2, 0) is 4.79 Å². The van der Waals surface area contributed by atoms with E-state index in [2.05, 4.69) is 26.9 Å². The van der Waals surface area contributed by atoms with Gasteiger partial charge in [-0.25, -0.2) is 18.7 Å². The van der Waals surface area contributed by atoms with Crippen molar-refractivity contribution in [1.82, 2.24) is 15.3 Å². The standard InChI is InChI=1S/C28H29F2N5O2/c1-4-24(36)35-19-9-8-17(12-19)16(2)26-25(28(31)34-15-33-26)27(32-3)22-11-10-21(14-23(22)30)37-20-7-5-6-18(29)13-20/h4-7,10-11,13-17,19H,1,8-9,12H2,2-3H3,(H,35,36)(H2,31,33,34)/b32-27-/t16?,17?,19-/m1/s1. The Hall–Kier alpha value is -4.14. The van der Waals surface area contributed by atoms with E-state index in [-0.39, 0.29) is 46.7 Å². The Morgan fingerprint density at radius 2 is 2.00 bits per heavy atom. The lowest BCUT2D eigenvalue weighted by molar-refractivity contribution is -0.117. The molecule has 0 aliphatic heterocycles. The van der Waals surface area contributed by atoms with Gasteiger partial charge in [0, 0.05) is 36.7 Å². The Balaban J connectivity index is 1.62. The fraction of sp³-hybridized carbons (Fsp3) is 0.286. The normalized spacial score (nSPS) is 18.3. The molecule has 192 valence electrons. The van der Waals surface area contributed by atoms with E-state index in [9.17, 15) is 9.18 Å². The molecule has 0 saturated heterocycles. The maximum absolute atomic E-state index is 15.4. The largest absolute Gasteiger partial charge is 0.457 e. The van der Waals surface area contributed by atoms with Gasteiger partial charge in [-0.1, -0.05) is 19.6 Å². The molecule has 37 heavy (non-hydrogen) atoms. The number of nitrogens with zero attached hydrogens (tertiary/aromatic N) is 3. The predicted octanol–water partition coefficient (Wildman–Crippen LogP) is 5.17. The summed E-state index contributed by atoms with van der Waals surface area (Å²) in [5, 5.41) is 2.96. The van der Waals surface area contributed by atoms with Crippen LogP contribution in [0.25, 0.3) is 0 Å². The molecule has 1 aromatic heterocycles. The first-order chi connectivity index (χ1) is 17.8. The number of hydrogen-bond acceptors (Lipinski definition) is 6. The number of anilines is 1. The van der Waals surface area contributed by atoms with Crippen molar-refractivity contribution in [3.63, 3.8) is 0 Å². The zero-order chi connectivity index (χ0) is 26.5. The molecule has 1 saturated carbocycles. The topological polar surface area (TPSA) is 102 Å². The minimum Gasteiger partial charge on any atom is -0.457 e. The van der Waals surface area contributed by atoms with Crippen LogP contribution in [0.15, 0.2) is 66.4 Å². The third-order valence-electron chi connectivity index (χ3n) is 6.74. The summed E-state index contributed by atoms with van der Waals surface area (Å²) in [5.74, 6) is -0.358. The van der Waals surface area contributed by atoms with Crippen molar-refractivity contribution < 1.29 is 18.3 Å². The second-order valence-corrected chi connectivity index (χ2v) is 9.06. The number of nitrogen functional groups attached to an aromatic ring is 1. The number of benzene rings is 2. The summed E-state index contributed by atoms with van der Waals surface area (Å²) in [6.45, 7) is 5.56. The summed E-state index contributed by atoms with van der Waals surface area (Å²) >= 11 is 0. The van der Waals surface area contributed by atoms with Crippen molar-refractivity contribution in [3.8, 4) is 11.5 Å². The zero-order valence-corrected chi connectivity index (χ0v) is 20.7. The van der Waals surface area contributed by atoms with Crippen LogP contribution in [0.4, 0.5) is 14.6 Å². The molecular weight excluding hydrogens is 476 g/mol. The van der Waals surface area contributed by atoms with E-state index in [0.717, 1.165) is 19.3 Å². The van der Waals surface area contributed by atoms with Crippen molar-refractivity contribution in [2.75, 3.05) is 12.8 Å². The van der Waals surface area contributed by atoms with Crippen molar-refractivity contribution in [1.29, 1.82) is 0 Å². The number of hydrogen-bond donors (Lipinski definition) is 2. The number of nitrogens with two attached hydrogens (primary N) is 1. The number of carbonyl (C=O) groups is 1. The molecule has 3 atom stereocenters. The Kier molecular flexibility index (Phi) is 7.91. The summed E-state index contributed by atoms with van der Waals surface area (Å²) in [7, 11) is 1.56. The first-order valence-corrected chi connectivity index (χ1v) is 12.0. The molecule has 2 aromatic carbocycles. The Morgan fingerprint density at radius 1 is 1.22 bits per heavy atom. The van der Waals surface area contributed by atoms with E-state index in [1.54, 1.807) is 25.2 Å². The first-order valence-electron chi connectivity index (χ1n) is 12.0. The van der Waals surface area contributed by atoms with Gasteiger partial charge in [-0.3, -0.25) is 9.79 Å². The Labute approximate surface area is 214 Å². The van der Waals surface area contributed by atoms with E-state index < -0.39 is 11.6 Å². The third kappa shape index (κ3) is 5.82. The molecule has 3 N–H and O–H groups in total. The number of ether oxygens (including phenoxy) is 1. The van der Waals surface area contributed by atoms with Crippen molar-refractivity contribution in [3.05, 3.63) is 89.9 Å². The lowest BCUT2D eigenvalue weighted by Gasteiger charge is -2.23. The van der Waals surface area contributed by atoms with Gasteiger partial charge >= 0.3 is 0 Å². The summed E-state index contributed by atoms with van der Waals surface area (Å²) < 4.78 is 34.5. The Bertz CT molecular complexity index is 1340. The molecular formula is C28H29F2N5O2. The maximum Gasteiger partial charge on any atom is 0.243 e. The van der Waals surface area contributed by atoms with Crippen LogP contribution >= 0.6 is 0 Å². The number of aliphatic imine (C=N–C) groups is 1. The quantitative estimate of drug-likeness (QED) is 0.325. The van der Waals surface area contributed by atoms with Crippen molar-refractivity contribution in [2.45, 2.75) is 38.1 Å². The van der Waals surface area contributed by atoms with Gasteiger partial charge in [0.2, 0.25) is 5.91 Å². The molecule has 1 heterocycles. The van der Waals surface area contributed by atoms with E-state index in [4.69, 9.17) is 10.5 Å². The molecule has 9 heteroatoms. The SMILES string of the molecule is C=CC(=O)N[C@@H]1CCC(C(C)c2ncnc(N)c2/C(=N\C)c2ccc(Oc3cccc(F)c3)cc2F)C1. The number of rotatable bonds is 8. The molecule has 0 bridgehead atoms. The molecule has 4 rings (SSSR count). The van der Waals surface area contributed by atoms with Crippen LogP contribution in [0.5, 0.6) is 11.5 Å². The van der Waals surface area contributed by atoms with E-state index in [0.29, 0.717) is 17.0 Å². The molecule has 1 fully saturated rings. The second kappa shape index (κ2) is 11.3. The molecule has 1 aliphatic carbocycles. The highest BCUT2D eigenvalue weighted by Crippen LogP contribution is 2.39. The van der Waals surface area contributed by atoms with Crippen LogP contribution in [0.2, 0.25) is 0 Å². The fourth-order valence-corrected chi connectivity index (χ4v) is 4.87. The number of aromatic nitrogens is 2. The first kappa shape index (κ1) is 25.9. The second-order valence-electron chi connectivity index (χ2n) is 9.06. The smallest absolute Gasteiger partial charge is 0.243 e. The van der Waals surface area contributed by atoms with Crippen LogP contribution in [-0.4, -0.2) is 34.7 Å². The molecule has 1 amide bonds. The fourth-order valence-electron chi connectivity index (χ4n) is 4.87. The summed E-state index contributed by atoms with van der Waals surface area (Å²) in [4.78, 5) is 24.8. The average molecular weight is 506 g/mol. The summed E-state index contributed by atoms with van der Waals surface area (Å²) in [6.07, 6.45) is 5.19. The highest BCUT2D eigenvalue weighted by Gasteiger charge is 2.33. The molecule has 3 aromatic rings. The van der Waals surface area contributed by atoms with Gasteiger partial charge < -0.3 is 15.8 Å². The zero-order valence-electron chi connectivity index (χ0n) is 20.7. The number of amides is 1. The van der Waals surface area contributed by atoms with E-state index >= 15 is 4.39 Å². The third-order valence-corrected chi connectivity index (χ3v) is 6.74. The van der Waals surface area contributed by atoms with Gasteiger partial charge in [0.1, 0.15) is 35.3 Å². The molecule has 1 aliphatic rings. The highest BCUT2D eigenvalue weighted by atomic mass is 19.1. The van der Waals surface area contributed by atoms with Crippen LogP contribution in [0.1, 0.15) is 48.9 Å². The summed E-state index contributed by atoms with van der Waals surface area (Å²) in [6, 6.07) is 10.0. The molecule has 7 nitrogen and oxygen atoms in total. The van der Waals surface area contributed by atoms with E-state index in [1.807, 2.05) is 6.92 Å². The number of nitrogens with one attached hydrogen (secondary N) is 1. The average Bonchev–Trinajstić information content (AvgIpc) is 3.34. The van der Waals surface area contributed by atoms with Gasteiger partial charge in [-0.2, -0.15) is 0 Å². The van der Waals surface area contributed by atoms with Crippen molar-refractivity contribution >= 4 is 17.4 Å². The number of carbonyl (C=O) groups excluding carboxylic acids is 1. The van der Waals surface area contributed by atoms with Gasteiger partial charge in [-0.05, 0) is 55.5 Å². The molecule has 0 spiro atoms. The van der Waals surface area contributed by atoms with Gasteiger partial charge in [0.05, 0.1) is 17.0 Å².